The number of hydrogen-bond donors (Lipinski definition) is 2. The summed E-state index contributed by atoms with van der Waals surface area (Å²) in [7, 11) is 0. The third-order valence-corrected chi connectivity index (χ3v) is 2.33. The third-order valence-electron chi connectivity index (χ3n) is 2.33. The van der Waals surface area contributed by atoms with Crippen LogP contribution in [0.15, 0.2) is 24.8 Å². The van der Waals surface area contributed by atoms with Crippen LogP contribution in [-0.2, 0) is 6.42 Å². The molecule has 0 aromatic carbocycles. The van der Waals surface area contributed by atoms with Gasteiger partial charge in [-0.05, 0) is 10.4 Å². The lowest BCUT2D eigenvalue weighted by Gasteiger charge is -2.05. The zero-order chi connectivity index (χ0) is 11.5. The van der Waals surface area contributed by atoms with Crippen LogP contribution < -0.4 is 5.32 Å². The molecule has 0 fully saturated rings. The molecular weight excluding hydrogens is 220 g/mol. The largest absolute Gasteiger partial charge is 0.368 e. The minimum atomic E-state index is 0.619. The van der Waals surface area contributed by atoms with Crippen LogP contribution in [-0.4, -0.2) is 41.5 Å². The summed E-state index contributed by atoms with van der Waals surface area (Å²) in [6, 6.07) is 0. The zero-order valence-electron chi connectivity index (χ0n) is 8.91. The number of aromatic amines is 1. The summed E-state index contributed by atoms with van der Waals surface area (Å²) in [6.07, 6.45) is 7.63. The molecule has 3 heterocycles. The summed E-state index contributed by atoms with van der Waals surface area (Å²) in [6.45, 7) is 0.730. The number of nitrogens with zero attached hydrogens (tertiary/aromatic N) is 6. The van der Waals surface area contributed by atoms with E-state index >= 15 is 0 Å². The summed E-state index contributed by atoms with van der Waals surface area (Å²) in [5.41, 5.74) is 0.619. The molecule has 0 aliphatic rings. The molecule has 3 aromatic rings. The number of rotatable bonds is 4. The van der Waals surface area contributed by atoms with Gasteiger partial charge in [-0.3, -0.25) is 4.98 Å². The van der Waals surface area contributed by atoms with Crippen molar-refractivity contribution in [3.63, 3.8) is 0 Å². The lowest BCUT2D eigenvalue weighted by atomic mass is 10.4. The van der Waals surface area contributed by atoms with Crippen LogP contribution in [0.5, 0.6) is 0 Å². The van der Waals surface area contributed by atoms with Crippen LogP contribution in [0, 0.1) is 0 Å². The molecule has 0 bridgehead atoms. The number of tetrazole rings is 1. The molecule has 0 radical (unpaired) electrons. The van der Waals surface area contributed by atoms with Gasteiger partial charge in [-0.2, -0.15) is 4.52 Å². The number of aromatic nitrogens is 7. The normalized spacial score (nSPS) is 10.8. The van der Waals surface area contributed by atoms with Crippen LogP contribution >= 0.6 is 0 Å². The number of H-pyrrole nitrogens is 1. The van der Waals surface area contributed by atoms with Gasteiger partial charge in [0.15, 0.2) is 5.65 Å². The molecule has 2 N–H and O–H groups in total. The molecule has 3 aromatic heterocycles. The molecule has 3 rings (SSSR count). The summed E-state index contributed by atoms with van der Waals surface area (Å²) >= 11 is 0. The van der Waals surface area contributed by atoms with Crippen molar-refractivity contribution in [3.8, 4) is 0 Å². The van der Waals surface area contributed by atoms with Crippen LogP contribution in [0.1, 0.15) is 5.82 Å². The van der Waals surface area contributed by atoms with E-state index in [-0.39, 0.29) is 0 Å². The second kappa shape index (κ2) is 4.16. The third kappa shape index (κ3) is 1.92. The number of imidazole rings is 1. The Bertz CT molecular complexity index is 598. The molecule has 0 unspecified atom stereocenters. The average molecular weight is 230 g/mol. The molecule has 0 amide bonds. The van der Waals surface area contributed by atoms with Gasteiger partial charge in [0.2, 0.25) is 0 Å². The summed E-state index contributed by atoms with van der Waals surface area (Å²) in [5.74, 6) is 1.70. The first-order valence-electron chi connectivity index (χ1n) is 5.18. The Morgan fingerprint density at radius 3 is 3.24 bits per heavy atom. The van der Waals surface area contributed by atoms with Gasteiger partial charge in [-0.15, -0.1) is 5.10 Å². The SMILES string of the molecule is c1c[nH]c(CCNc2cncc3nnnn23)n1. The molecule has 8 nitrogen and oxygen atoms in total. The molecule has 0 saturated heterocycles. The molecule has 17 heavy (non-hydrogen) atoms. The van der Waals surface area contributed by atoms with Gasteiger partial charge in [0.05, 0.1) is 12.4 Å². The molecule has 8 heteroatoms. The van der Waals surface area contributed by atoms with Gasteiger partial charge in [-0.25, -0.2) is 4.98 Å². The first-order valence-corrected chi connectivity index (χ1v) is 5.18. The Balaban J connectivity index is 1.70. The molecule has 0 atom stereocenters. The minimum Gasteiger partial charge on any atom is -0.368 e. The highest BCUT2D eigenvalue weighted by molar-refractivity contribution is 5.43. The fourth-order valence-electron chi connectivity index (χ4n) is 1.54. The Labute approximate surface area is 96.1 Å². The predicted octanol–water partition coefficient (Wildman–Crippen LogP) is -0.103. The monoisotopic (exact) mass is 230 g/mol. The van der Waals surface area contributed by atoms with Gasteiger partial charge in [0, 0.05) is 25.4 Å². The van der Waals surface area contributed by atoms with Crippen molar-refractivity contribution in [1.29, 1.82) is 0 Å². The van der Waals surface area contributed by atoms with Crippen molar-refractivity contribution < 1.29 is 0 Å². The number of anilines is 1. The smallest absolute Gasteiger partial charge is 0.199 e. The van der Waals surface area contributed by atoms with Crippen LogP contribution in [0.3, 0.4) is 0 Å². The fourth-order valence-corrected chi connectivity index (χ4v) is 1.54. The van der Waals surface area contributed by atoms with E-state index in [1.165, 1.54) is 0 Å². The van der Waals surface area contributed by atoms with Gasteiger partial charge >= 0.3 is 0 Å². The van der Waals surface area contributed by atoms with Gasteiger partial charge < -0.3 is 10.3 Å². The highest BCUT2D eigenvalue weighted by Gasteiger charge is 2.03. The Morgan fingerprint density at radius 1 is 1.35 bits per heavy atom. The van der Waals surface area contributed by atoms with E-state index in [0.717, 1.165) is 24.6 Å². The first kappa shape index (κ1) is 9.70. The Morgan fingerprint density at radius 2 is 2.35 bits per heavy atom. The summed E-state index contributed by atoms with van der Waals surface area (Å²) < 4.78 is 1.61. The van der Waals surface area contributed by atoms with E-state index in [1.54, 1.807) is 29.3 Å². The standard InChI is InChI=1S/C9H10N8/c1(7-11-3-4-12-7)2-13-8-5-10-6-9-14-15-16-17(8)9/h3-6,13H,1-2H2,(H,11,12). The number of nitrogens with one attached hydrogen (secondary N) is 2. The van der Waals surface area contributed by atoms with Crippen molar-refractivity contribution in [2.75, 3.05) is 11.9 Å². The summed E-state index contributed by atoms with van der Waals surface area (Å²) in [4.78, 5) is 11.2. The predicted molar refractivity (Wildman–Crippen MR) is 59.4 cm³/mol. The minimum absolute atomic E-state index is 0.619. The quantitative estimate of drug-likeness (QED) is 0.649. The Kier molecular flexibility index (Phi) is 2.37. The van der Waals surface area contributed by atoms with E-state index in [2.05, 4.69) is 35.8 Å². The first-order chi connectivity index (χ1) is 8.43. The van der Waals surface area contributed by atoms with Crippen molar-refractivity contribution in [1.82, 2.24) is 35.0 Å². The maximum absolute atomic E-state index is 4.14. The second-order valence-corrected chi connectivity index (χ2v) is 3.45. The molecular formula is C9H10N8. The van der Waals surface area contributed by atoms with Gasteiger partial charge in [0.25, 0.3) is 0 Å². The van der Waals surface area contributed by atoms with Crippen molar-refractivity contribution in [2.45, 2.75) is 6.42 Å². The molecule has 0 aliphatic carbocycles. The maximum Gasteiger partial charge on any atom is 0.199 e. The van der Waals surface area contributed by atoms with E-state index in [1.807, 2.05) is 0 Å². The fraction of sp³-hybridized carbons (Fsp3) is 0.222. The molecule has 0 aliphatic heterocycles. The molecule has 0 spiro atoms. The van der Waals surface area contributed by atoms with Crippen molar-refractivity contribution in [2.24, 2.45) is 0 Å². The highest BCUT2D eigenvalue weighted by atomic mass is 15.5. The van der Waals surface area contributed by atoms with Gasteiger partial charge in [-0.1, -0.05) is 0 Å². The van der Waals surface area contributed by atoms with Crippen molar-refractivity contribution >= 4 is 11.5 Å². The van der Waals surface area contributed by atoms with Crippen LogP contribution in [0.25, 0.3) is 5.65 Å². The topological polar surface area (TPSA) is 96.7 Å². The molecule has 86 valence electrons. The average Bonchev–Trinajstić information content (AvgIpc) is 2.99. The Hall–Kier alpha value is -2.51. The lowest BCUT2D eigenvalue weighted by Crippen LogP contribution is -2.10. The second-order valence-electron chi connectivity index (χ2n) is 3.45. The van der Waals surface area contributed by atoms with Crippen molar-refractivity contribution in [3.05, 3.63) is 30.6 Å². The molecule has 0 saturated carbocycles. The highest BCUT2D eigenvalue weighted by Crippen LogP contribution is 2.05. The lowest BCUT2D eigenvalue weighted by molar-refractivity contribution is 0.815. The summed E-state index contributed by atoms with van der Waals surface area (Å²) in [5, 5.41) is 14.5. The van der Waals surface area contributed by atoms with E-state index < -0.39 is 0 Å². The van der Waals surface area contributed by atoms with Crippen LogP contribution in [0.2, 0.25) is 0 Å². The van der Waals surface area contributed by atoms with Crippen LogP contribution in [0.4, 0.5) is 5.82 Å². The van der Waals surface area contributed by atoms with E-state index in [0.29, 0.717) is 5.65 Å². The number of hydrogen-bond acceptors (Lipinski definition) is 6. The van der Waals surface area contributed by atoms with Gasteiger partial charge in [0.1, 0.15) is 11.6 Å². The van der Waals surface area contributed by atoms with E-state index in [9.17, 15) is 0 Å². The maximum atomic E-state index is 4.14. The zero-order valence-corrected chi connectivity index (χ0v) is 8.91. The van der Waals surface area contributed by atoms with E-state index in [4.69, 9.17) is 0 Å². The number of fused-ring (bicyclic) bond motifs is 1.